The maximum absolute atomic E-state index is 13.1. The van der Waals surface area contributed by atoms with E-state index in [0.717, 1.165) is 35.6 Å². The molecule has 0 aliphatic carbocycles. The van der Waals surface area contributed by atoms with Crippen LogP contribution in [-0.4, -0.2) is 19.0 Å². The standard InChI is InChI=1S/C20H23FN4/c1-3-23-20(25-14-17-6-4-5-16(12-17)13-22)24-10-9-18-7-8-19(21)11-15(18)2/h4-8,11-12H,3,9-10,14H2,1-2H3,(H2,23,24,25). The van der Waals surface area contributed by atoms with E-state index in [9.17, 15) is 4.39 Å². The lowest BCUT2D eigenvalue weighted by Crippen LogP contribution is -2.38. The minimum atomic E-state index is -0.205. The number of nitriles is 1. The van der Waals surface area contributed by atoms with Gasteiger partial charge in [0.1, 0.15) is 5.82 Å². The lowest BCUT2D eigenvalue weighted by molar-refractivity contribution is 0.625. The molecule has 4 nitrogen and oxygen atoms in total. The van der Waals surface area contributed by atoms with E-state index in [1.54, 1.807) is 12.1 Å². The van der Waals surface area contributed by atoms with Crippen LogP contribution >= 0.6 is 0 Å². The molecule has 0 fully saturated rings. The predicted molar refractivity (Wildman–Crippen MR) is 98.8 cm³/mol. The lowest BCUT2D eigenvalue weighted by atomic mass is 10.1. The van der Waals surface area contributed by atoms with Crippen LogP contribution in [0.15, 0.2) is 47.5 Å². The summed E-state index contributed by atoms with van der Waals surface area (Å²) >= 11 is 0. The average molecular weight is 338 g/mol. The molecule has 2 aromatic carbocycles. The van der Waals surface area contributed by atoms with Crippen LogP contribution < -0.4 is 10.6 Å². The van der Waals surface area contributed by atoms with Gasteiger partial charge in [0, 0.05) is 13.1 Å². The Morgan fingerprint density at radius 1 is 1.20 bits per heavy atom. The fourth-order valence-electron chi connectivity index (χ4n) is 2.51. The molecule has 0 atom stereocenters. The first kappa shape index (κ1) is 18.5. The molecule has 2 rings (SSSR count). The molecule has 0 bridgehead atoms. The Labute approximate surface area is 148 Å². The number of benzene rings is 2. The van der Waals surface area contributed by atoms with Crippen LogP contribution in [0.2, 0.25) is 0 Å². The normalized spacial score (nSPS) is 11.0. The molecule has 0 radical (unpaired) electrons. The number of nitrogens with zero attached hydrogens (tertiary/aromatic N) is 2. The number of guanidine groups is 1. The number of hydrogen-bond acceptors (Lipinski definition) is 2. The summed E-state index contributed by atoms with van der Waals surface area (Å²) in [6.45, 7) is 5.90. The van der Waals surface area contributed by atoms with Gasteiger partial charge in [0.2, 0.25) is 0 Å². The van der Waals surface area contributed by atoms with Gasteiger partial charge >= 0.3 is 0 Å². The van der Waals surface area contributed by atoms with Crippen molar-refractivity contribution in [1.82, 2.24) is 10.6 Å². The zero-order chi connectivity index (χ0) is 18.1. The van der Waals surface area contributed by atoms with Crippen molar-refractivity contribution in [2.75, 3.05) is 13.1 Å². The molecule has 0 aromatic heterocycles. The summed E-state index contributed by atoms with van der Waals surface area (Å²) in [5.74, 6) is 0.522. The van der Waals surface area contributed by atoms with Crippen molar-refractivity contribution in [2.45, 2.75) is 26.8 Å². The minimum Gasteiger partial charge on any atom is -0.357 e. The molecular formula is C20H23FN4. The summed E-state index contributed by atoms with van der Waals surface area (Å²) in [5, 5.41) is 15.4. The molecule has 2 N–H and O–H groups in total. The Morgan fingerprint density at radius 3 is 2.76 bits per heavy atom. The summed E-state index contributed by atoms with van der Waals surface area (Å²) < 4.78 is 13.1. The van der Waals surface area contributed by atoms with Crippen LogP contribution in [0, 0.1) is 24.1 Å². The molecule has 0 spiro atoms. The van der Waals surface area contributed by atoms with Gasteiger partial charge in [0.05, 0.1) is 18.2 Å². The smallest absolute Gasteiger partial charge is 0.191 e. The Balaban J connectivity index is 1.94. The topological polar surface area (TPSA) is 60.2 Å². The molecule has 130 valence electrons. The van der Waals surface area contributed by atoms with E-state index >= 15 is 0 Å². The van der Waals surface area contributed by atoms with E-state index in [-0.39, 0.29) is 5.82 Å². The minimum absolute atomic E-state index is 0.205. The van der Waals surface area contributed by atoms with Gasteiger partial charge in [-0.2, -0.15) is 5.26 Å². The fourth-order valence-corrected chi connectivity index (χ4v) is 2.51. The molecule has 0 aliphatic rings. The lowest BCUT2D eigenvalue weighted by Gasteiger charge is -2.12. The molecule has 0 aliphatic heterocycles. The van der Waals surface area contributed by atoms with Crippen LogP contribution in [0.4, 0.5) is 4.39 Å². The van der Waals surface area contributed by atoms with Gasteiger partial charge in [0.15, 0.2) is 5.96 Å². The summed E-state index contributed by atoms with van der Waals surface area (Å²) in [4.78, 5) is 4.55. The van der Waals surface area contributed by atoms with Gasteiger partial charge in [-0.3, -0.25) is 0 Å². The van der Waals surface area contributed by atoms with Crippen molar-refractivity contribution in [3.63, 3.8) is 0 Å². The monoisotopic (exact) mass is 338 g/mol. The van der Waals surface area contributed by atoms with Crippen molar-refractivity contribution in [3.8, 4) is 6.07 Å². The van der Waals surface area contributed by atoms with Gasteiger partial charge < -0.3 is 10.6 Å². The quantitative estimate of drug-likeness (QED) is 0.627. The molecule has 0 saturated carbocycles. The first-order chi connectivity index (χ1) is 12.1. The predicted octanol–water partition coefficient (Wildman–Crippen LogP) is 3.30. The first-order valence-electron chi connectivity index (χ1n) is 8.38. The highest BCUT2D eigenvalue weighted by Crippen LogP contribution is 2.10. The zero-order valence-electron chi connectivity index (χ0n) is 14.6. The molecule has 0 heterocycles. The maximum atomic E-state index is 13.1. The average Bonchev–Trinajstić information content (AvgIpc) is 2.61. The third kappa shape index (κ3) is 5.92. The Morgan fingerprint density at radius 2 is 2.04 bits per heavy atom. The zero-order valence-corrected chi connectivity index (χ0v) is 14.6. The van der Waals surface area contributed by atoms with Crippen LogP contribution in [-0.2, 0) is 13.0 Å². The number of aliphatic imine (C=N–C) groups is 1. The largest absolute Gasteiger partial charge is 0.357 e. The highest BCUT2D eigenvalue weighted by atomic mass is 19.1. The van der Waals surface area contributed by atoms with Crippen molar-refractivity contribution < 1.29 is 4.39 Å². The highest BCUT2D eigenvalue weighted by molar-refractivity contribution is 5.79. The van der Waals surface area contributed by atoms with E-state index in [2.05, 4.69) is 21.7 Å². The Kier molecular flexibility index (Phi) is 6.97. The van der Waals surface area contributed by atoms with Gasteiger partial charge in [0.25, 0.3) is 0 Å². The van der Waals surface area contributed by atoms with Crippen LogP contribution in [0.1, 0.15) is 29.2 Å². The third-order valence-electron chi connectivity index (χ3n) is 3.81. The number of nitrogens with one attached hydrogen (secondary N) is 2. The van der Waals surface area contributed by atoms with Crippen molar-refractivity contribution in [1.29, 1.82) is 5.26 Å². The van der Waals surface area contributed by atoms with Crippen molar-refractivity contribution in [2.24, 2.45) is 4.99 Å². The second-order valence-corrected chi connectivity index (χ2v) is 5.75. The van der Waals surface area contributed by atoms with E-state index in [4.69, 9.17) is 5.26 Å². The summed E-state index contributed by atoms with van der Waals surface area (Å²) in [7, 11) is 0. The summed E-state index contributed by atoms with van der Waals surface area (Å²) in [5.41, 5.74) is 3.70. The second-order valence-electron chi connectivity index (χ2n) is 5.75. The van der Waals surface area contributed by atoms with Gasteiger partial charge in [-0.15, -0.1) is 0 Å². The number of hydrogen-bond donors (Lipinski definition) is 2. The van der Waals surface area contributed by atoms with Crippen molar-refractivity contribution >= 4 is 5.96 Å². The van der Waals surface area contributed by atoms with Crippen LogP contribution in [0.5, 0.6) is 0 Å². The summed E-state index contributed by atoms with van der Waals surface area (Å²) in [6.07, 6.45) is 0.792. The SMILES string of the molecule is CCNC(=NCc1cccc(C#N)c1)NCCc1ccc(F)cc1C. The molecule has 25 heavy (non-hydrogen) atoms. The van der Waals surface area contributed by atoms with E-state index < -0.39 is 0 Å². The molecule has 0 amide bonds. The van der Waals surface area contributed by atoms with Gasteiger partial charge in [-0.25, -0.2) is 9.38 Å². The first-order valence-corrected chi connectivity index (χ1v) is 8.38. The Bertz CT molecular complexity index is 778. The second kappa shape index (κ2) is 9.43. The Hall–Kier alpha value is -2.87. The molecule has 0 unspecified atom stereocenters. The van der Waals surface area contributed by atoms with Gasteiger partial charge in [-0.1, -0.05) is 18.2 Å². The van der Waals surface area contributed by atoms with Crippen LogP contribution in [0.3, 0.4) is 0 Å². The number of rotatable bonds is 6. The van der Waals surface area contributed by atoms with E-state index in [0.29, 0.717) is 18.7 Å². The highest BCUT2D eigenvalue weighted by Gasteiger charge is 2.02. The van der Waals surface area contributed by atoms with Gasteiger partial charge in [-0.05, 0) is 61.2 Å². The van der Waals surface area contributed by atoms with Crippen molar-refractivity contribution in [3.05, 3.63) is 70.5 Å². The number of halogens is 1. The molecule has 2 aromatic rings. The van der Waals surface area contributed by atoms with E-state index in [1.165, 1.54) is 6.07 Å². The maximum Gasteiger partial charge on any atom is 0.191 e. The molecule has 0 saturated heterocycles. The third-order valence-corrected chi connectivity index (χ3v) is 3.81. The summed E-state index contributed by atoms with van der Waals surface area (Å²) in [6, 6.07) is 14.4. The molecule has 5 heteroatoms. The number of aryl methyl sites for hydroxylation is 1. The molecular weight excluding hydrogens is 315 g/mol. The fraction of sp³-hybridized carbons (Fsp3) is 0.300. The van der Waals surface area contributed by atoms with Crippen LogP contribution in [0.25, 0.3) is 0 Å². The van der Waals surface area contributed by atoms with E-state index in [1.807, 2.05) is 38.1 Å².